The highest BCUT2D eigenvalue weighted by Gasteiger charge is 2.43. The molecule has 0 spiro atoms. The van der Waals surface area contributed by atoms with E-state index in [1.165, 1.54) is 12.1 Å². The predicted octanol–water partition coefficient (Wildman–Crippen LogP) is 6.20. The maximum atomic E-state index is 13.7. The molecular weight excluding hydrogens is 459 g/mol. The van der Waals surface area contributed by atoms with Crippen LogP contribution in [-0.4, -0.2) is 29.5 Å². The number of carbonyl (C=O) groups is 2. The van der Waals surface area contributed by atoms with Crippen LogP contribution in [-0.2, 0) is 16.0 Å². The van der Waals surface area contributed by atoms with Crippen LogP contribution in [0.25, 0.3) is 10.4 Å². The van der Waals surface area contributed by atoms with Crippen molar-refractivity contribution < 1.29 is 18.7 Å². The van der Waals surface area contributed by atoms with Gasteiger partial charge in [0.15, 0.2) is 0 Å². The third kappa shape index (κ3) is 5.03. The van der Waals surface area contributed by atoms with E-state index in [0.717, 1.165) is 16.0 Å². The summed E-state index contributed by atoms with van der Waals surface area (Å²) >= 11 is 6.05. The number of amides is 2. The molecule has 1 aliphatic rings. The second kappa shape index (κ2) is 10.4. The van der Waals surface area contributed by atoms with Crippen LogP contribution in [0.5, 0.6) is 0 Å². The van der Waals surface area contributed by atoms with E-state index in [4.69, 9.17) is 16.3 Å². The minimum Gasteiger partial charge on any atom is -0.446 e. The predicted molar refractivity (Wildman–Crippen MR) is 125 cm³/mol. The maximum absolute atomic E-state index is 13.7. The van der Waals surface area contributed by atoms with Crippen LogP contribution in [0.15, 0.2) is 84.0 Å². The fraction of sp³-hybridized carbons (Fsp3) is 0.200. The number of hydrogen-bond donors (Lipinski definition) is 0. The first kappa shape index (κ1) is 23.3. The number of imide groups is 1. The number of halogens is 2. The van der Waals surface area contributed by atoms with Gasteiger partial charge in [-0.25, -0.2) is 14.1 Å². The van der Waals surface area contributed by atoms with Gasteiger partial charge in [0.2, 0.25) is 5.91 Å². The lowest BCUT2D eigenvalue weighted by Gasteiger charge is -2.28. The maximum Gasteiger partial charge on any atom is 0.417 e. The number of carbonyl (C=O) groups excluding carboxylic acids is 2. The Morgan fingerprint density at radius 2 is 1.79 bits per heavy atom. The number of hydrogen-bond acceptors (Lipinski definition) is 4. The monoisotopic (exact) mass is 478 g/mol. The van der Waals surface area contributed by atoms with Gasteiger partial charge in [-0.3, -0.25) is 4.79 Å². The van der Waals surface area contributed by atoms with Crippen LogP contribution in [0.2, 0.25) is 5.02 Å². The molecule has 1 heterocycles. The first-order valence-electron chi connectivity index (χ1n) is 10.6. The van der Waals surface area contributed by atoms with Gasteiger partial charge in [0, 0.05) is 15.9 Å². The van der Waals surface area contributed by atoms with Crippen molar-refractivity contribution in [2.75, 3.05) is 6.61 Å². The summed E-state index contributed by atoms with van der Waals surface area (Å²) in [7, 11) is 0. The zero-order valence-electron chi connectivity index (χ0n) is 17.9. The molecule has 3 aromatic carbocycles. The number of benzene rings is 3. The average molecular weight is 479 g/mol. The van der Waals surface area contributed by atoms with Gasteiger partial charge in [-0.1, -0.05) is 71.3 Å². The van der Waals surface area contributed by atoms with Crippen molar-refractivity contribution in [1.82, 2.24) is 4.90 Å². The van der Waals surface area contributed by atoms with E-state index in [1.807, 2.05) is 6.07 Å². The summed E-state index contributed by atoms with van der Waals surface area (Å²) in [5.74, 6) is -1.70. The molecule has 1 saturated heterocycles. The molecule has 2 amide bonds. The Hall–Kier alpha value is -3.87. The van der Waals surface area contributed by atoms with E-state index in [-0.39, 0.29) is 18.8 Å². The third-order valence-electron chi connectivity index (χ3n) is 5.77. The number of nitrogens with zero attached hydrogens (tertiary/aromatic N) is 4. The number of rotatable bonds is 7. The number of cyclic esters (lactones) is 1. The molecule has 4 rings (SSSR count). The summed E-state index contributed by atoms with van der Waals surface area (Å²) in [6, 6.07) is 19.8. The van der Waals surface area contributed by atoms with Gasteiger partial charge < -0.3 is 4.74 Å². The molecule has 0 bridgehead atoms. The van der Waals surface area contributed by atoms with Crippen LogP contribution in [0.4, 0.5) is 9.18 Å². The average Bonchev–Trinajstić information content (AvgIpc) is 3.24. The van der Waals surface area contributed by atoms with Gasteiger partial charge >= 0.3 is 6.09 Å². The highest BCUT2D eigenvalue weighted by Crippen LogP contribution is 2.34. The summed E-state index contributed by atoms with van der Waals surface area (Å²) in [6.07, 6.45) is -0.537. The van der Waals surface area contributed by atoms with Gasteiger partial charge in [0.1, 0.15) is 24.5 Å². The van der Waals surface area contributed by atoms with E-state index in [9.17, 15) is 19.5 Å². The molecule has 0 radical (unpaired) electrons. The molecule has 0 N–H and O–H groups in total. The second-order valence-electron chi connectivity index (χ2n) is 7.85. The van der Waals surface area contributed by atoms with Crippen molar-refractivity contribution in [1.29, 1.82) is 0 Å². The molecule has 7 nitrogen and oxygen atoms in total. The molecule has 0 aromatic heterocycles. The van der Waals surface area contributed by atoms with E-state index in [1.54, 1.807) is 60.7 Å². The fourth-order valence-electron chi connectivity index (χ4n) is 4.08. The van der Waals surface area contributed by atoms with Crippen LogP contribution in [0.3, 0.4) is 0 Å². The normalized spacial score (nSPS) is 16.9. The lowest BCUT2D eigenvalue weighted by atomic mass is 9.85. The van der Waals surface area contributed by atoms with E-state index in [0.29, 0.717) is 10.6 Å². The lowest BCUT2D eigenvalue weighted by molar-refractivity contribution is -0.131. The van der Waals surface area contributed by atoms with Gasteiger partial charge in [-0.2, -0.15) is 0 Å². The summed E-state index contributed by atoms with van der Waals surface area (Å²) in [4.78, 5) is 30.3. The molecule has 3 aromatic rings. The van der Waals surface area contributed by atoms with E-state index >= 15 is 0 Å². The molecule has 0 saturated carbocycles. The summed E-state index contributed by atoms with van der Waals surface area (Å²) in [6.45, 7) is 0.00114. The van der Waals surface area contributed by atoms with Crippen LogP contribution < -0.4 is 0 Å². The zero-order chi connectivity index (χ0) is 24.1. The summed E-state index contributed by atoms with van der Waals surface area (Å²) in [5.41, 5.74) is 11.5. The topological polar surface area (TPSA) is 95.4 Å². The van der Waals surface area contributed by atoms with Crippen molar-refractivity contribution in [2.24, 2.45) is 5.11 Å². The minimum absolute atomic E-state index is 0.00114. The highest BCUT2D eigenvalue weighted by molar-refractivity contribution is 6.30. The van der Waals surface area contributed by atoms with Crippen molar-refractivity contribution in [3.05, 3.63) is 117 Å². The van der Waals surface area contributed by atoms with Gasteiger partial charge in [0.25, 0.3) is 0 Å². The Labute approximate surface area is 200 Å². The van der Waals surface area contributed by atoms with Crippen molar-refractivity contribution >= 4 is 23.6 Å². The smallest absolute Gasteiger partial charge is 0.417 e. The highest BCUT2D eigenvalue weighted by atomic mass is 35.5. The van der Waals surface area contributed by atoms with Gasteiger partial charge in [-0.05, 0) is 52.9 Å². The standard InChI is InChI=1S/C25H20ClFN4O3/c26-19-10-8-17(9-11-19)21(14-16-6-12-20(27)13-7-16)23(29-30-28)24(32)31-22(15-34-25(31)33)18-4-2-1-3-5-18/h1-13,21-23H,14-15H2/t21-,22+,23-/m0/s1. The van der Waals surface area contributed by atoms with Gasteiger partial charge in [-0.15, -0.1) is 0 Å². The number of ether oxygens (including phenoxy) is 1. The largest absolute Gasteiger partial charge is 0.446 e. The Kier molecular flexibility index (Phi) is 7.11. The van der Waals surface area contributed by atoms with E-state index in [2.05, 4.69) is 10.0 Å². The van der Waals surface area contributed by atoms with Gasteiger partial charge in [0.05, 0.1) is 0 Å². The zero-order valence-corrected chi connectivity index (χ0v) is 18.7. The minimum atomic E-state index is -1.26. The Bertz CT molecular complexity index is 1220. The van der Waals surface area contributed by atoms with Crippen LogP contribution >= 0.6 is 11.6 Å². The first-order valence-corrected chi connectivity index (χ1v) is 10.9. The molecule has 1 aliphatic heterocycles. The molecular formula is C25H20ClFN4O3. The van der Waals surface area contributed by atoms with Crippen molar-refractivity contribution in [3.63, 3.8) is 0 Å². The fourth-order valence-corrected chi connectivity index (χ4v) is 4.21. The van der Waals surface area contributed by atoms with Crippen LogP contribution in [0, 0.1) is 5.82 Å². The molecule has 172 valence electrons. The van der Waals surface area contributed by atoms with Crippen LogP contribution in [0.1, 0.15) is 28.7 Å². The first-order chi connectivity index (χ1) is 16.5. The van der Waals surface area contributed by atoms with Crippen molar-refractivity contribution in [2.45, 2.75) is 24.4 Å². The molecule has 1 fully saturated rings. The SMILES string of the molecule is [N-]=[N+]=N[C@H](C(=O)N1C(=O)OC[C@@H]1c1ccccc1)[C@@H](Cc1ccc(F)cc1)c1ccc(Cl)cc1. The van der Waals surface area contributed by atoms with E-state index < -0.39 is 30.0 Å². The Morgan fingerprint density at radius 3 is 2.44 bits per heavy atom. The molecule has 34 heavy (non-hydrogen) atoms. The lowest BCUT2D eigenvalue weighted by Crippen LogP contribution is -2.43. The quantitative estimate of drug-likeness (QED) is 0.229. The second-order valence-corrected chi connectivity index (χ2v) is 8.29. The van der Waals surface area contributed by atoms with Crippen molar-refractivity contribution in [3.8, 4) is 0 Å². The summed E-state index contributed by atoms with van der Waals surface area (Å²) < 4.78 is 18.6. The molecule has 0 aliphatic carbocycles. The summed E-state index contributed by atoms with van der Waals surface area (Å²) in [5, 5.41) is 4.32. The molecule has 3 atom stereocenters. The Morgan fingerprint density at radius 1 is 1.12 bits per heavy atom. The Balaban J connectivity index is 1.74. The molecule has 0 unspecified atom stereocenters. The molecule has 9 heteroatoms. The number of azide groups is 1. The third-order valence-corrected chi connectivity index (χ3v) is 6.02.